The molecule has 1 aliphatic rings. The van der Waals surface area contributed by atoms with Crippen LogP contribution in [0.4, 0.5) is 4.39 Å². The summed E-state index contributed by atoms with van der Waals surface area (Å²) in [5.41, 5.74) is 0.728. The number of likely N-dealkylation sites (tertiary alicyclic amines) is 1. The Bertz CT molecular complexity index is 784. The van der Waals surface area contributed by atoms with E-state index in [9.17, 15) is 4.39 Å². The second-order valence-electron chi connectivity index (χ2n) is 8.35. The van der Waals surface area contributed by atoms with E-state index in [1.165, 1.54) is 6.07 Å². The number of halogens is 1. The molecule has 1 aliphatic heterocycles. The molecule has 0 spiro atoms. The molecule has 1 fully saturated rings. The van der Waals surface area contributed by atoms with Crippen LogP contribution >= 0.6 is 0 Å². The van der Waals surface area contributed by atoms with Crippen LogP contribution in [0, 0.1) is 11.7 Å². The molecule has 5 nitrogen and oxygen atoms in total. The van der Waals surface area contributed by atoms with Gasteiger partial charge in [-0.1, -0.05) is 32.9 Å². The van der Waals surface area contributed by atoms with Gasteiger partial charge in [0.15, 0.2) is 5.96 Å². The fourth-order valence-electron chi connectivity index (χ4n) is 3.79. The topological polar surface area (TPSA) is 45.5 Å². The van der Waals surface area contributed by atoms with Gasteiger partial charge in [0.1, 0.15) is 5.82 Å². The molecule has 0 saturated carbocycles. The zero-order chi connectivity index (χ0) is 20.1. The first-order chi connectivity index (χ1) is 13.4. The molecule has 2 atom stereocenters. The second kappa shape index (κ2) is 8.76. The Morgan fingerprint density at radius 1 is 1.39 bits per heavy atom. The summed E-state index contributed by atoms with van der Waals surface area (Å²) in [4.78, 5) is 11.5. The van der Waals surface area contributed by atoms with Crippen molar-refractivity contribution in [3.63, 3.8) is 0 Å². The molecular formula is C22H32FN5. The van der Waals surface area contributed by atoms with Crippen molar-refractivity contribution in [1.82, 2.24) is 19.8 Å². The molecular weight excluding hydrogens is 353 g/mol. The van der Waals surface area contributed by atoms with Crippen LogP contribution in [0.15, 0.2) is 48.0 Å². The van der Waals surface area contributed by atoms with Crippen LogP contribution < -0.4 is 5.32 Å². The summed E-state index contributed by atoms with van der Waals surface area (Å²) in [5.74, 6) is 1.33. The standard InChI is InChI=1S/C22H32FN5/c1-5-25-21(26-15-22(3,4)18-7-6-8-19(23)13-18)27-11-9-17(2)20(14-27)28-12-10-24-16-28/h6-8,10,12-13,16-17,20H,5,9,11,14-15H2,1-4H3,(H,25,26). The summed E-state index contributed by atoms with van der Waals surface area (Å²) in [6.07, 6.45) is 6.90. The van der Waals surface area contributed by atoms with Gasteiger partial charge >= 0.3 is 0 Å². The number of piperidine rings is 1. The van der Waals surface area contributed by atoms with Gasteiger partial charge in [0, 0.05) is 37.4 Å². The molecule has 0 amide bonds. The molecule has 2 unspecified atom stereocenters. The van der Waals surface area contributed by atoms with Crippen molar-refractivity contribution in [1.29, 1.82) is 0 Å². The average Bonchev–Trinajstić information content (AvgIpc) is 3.20. The molecule has 3 rings (SSSR count). The first-order valence-electron chi connectivity index (χ1n) is 10.2. The molecule has 1 N–H and O–H groups in total. The summed E-state index contributed by atoms with van der Waals surface area (Å²) < 4.78 is 15.9. The second-order valence-corrected chi connectivity index (χ2v) is 8.35. The zero-order valence-corrected chi connectivity index (χ0v) is 17.4. The Hall–Kier alpha value is -2.37. The molecule has 0 bridgehead atoms. The maximum Gasteiger partial charge on any atom is 0.194 e. The molecule has 1 saturated heterocycles. The quantitative estimate of drug-likeness (QED) is 0.628. The minimum atomic E-state index is -0.240. The summed E-state index contributed by atoms with van der Waals surface area (Å²) in [7, 11) is 0. The van der Waals surface area contributed by atoms with Crippen LogP contribution in [-0.4, -0.2) is 46.6 Å². The minimum absolute atomic E-state index is 0.199. The van der Waals surface area contributed by atoms with Crippen molar-refractivity contribution in [3.8, 4) is 0 Å². The monoisotopic (exact) mass is 385 g/mol. The molecule has 2 aromatic rings. The van der Waals surface area contributed by atoms with Crippen LogP contribution in [-0.2, 0) is 5.41 Å². The Morgan fingerprint density at radius 3 is 2.89 bits per heavy atom. The van der Waals surface area contributed by atoms with Gasteiger partial charge < -0.3 is 14.8 Å². The number of rotatable bonds is 5. The predicted octanol–water partition coefficient (Wildman–Crippen LogP) is 3.85. The predicted molar refractivity (Wildman–Crippen MR) is 112 cm³/mol. The van der Waals surface area contributed by atoms with E-state index in [-0.39, 0.29) is 11.2 Å². The van der Waals surface area contributed by atoms with E-state index in [4.69, 9.17) is 4.99 Å². The number of guanidine groups is 1. The van der Waals surface area contributed by atoms with E-state index in [0.29, 0.717) is 18.5 Å². The first kappa shape index (κ1) is 20.4. The largest absolute Gasteiger partial charge is 0.357 e. The van der Waals surface area contributed by atoms with Gasteiger partial charge in [-0.05, 0) is 37.0 Å². The number of nitrogens with one attached hydrogen (secondary N) is 1. The van der Waals surface area contributed by atoms with Crippen LogP contribution in [0.1, 0.15) is 45.7 Å². The summed E-state index contributed by atoms with van der Waals surface area (Å²) in [5, 5.41) is 3.45. The van der Waals surface area contributed by atoms with Crippen molar-refractivity contribution < 1.29 is 4.39 Å². The maximum absolute atomic E-state index is 13.7. The lowest BCUT2D eigenvalue weighted by Gasteiger charge is -2.39. The van der Waals surface area contributed by atoms with E-state index in [0.717, 1.165) is 37.6 Å². The van der Waals surface area contributed by atoms with E-state index in [2.05, 4.69) is 47.5 Å². The summed E-state index contributed by atoms with van der Waals surface area (Å²) in [6, 6.07) is 7.22. The van der Waals surface area contributed by atoms with E-state index < -0.39 is 0 Å². The number of benzene rings is 1. The van der Waals surface area contributed by atoms with Crippen molar-refractivity contribution >= 4 is 5.96 Å². The van der Waals surface area contributed by atoms with Crippen LogP contribution in [0.2, 0.25) is 0 Å². The van der Waals surface area contributed by atoms with Crippen molar-refractivity contribution in [2.24, 2.45) is 10.9 Å². The lowest BCUT2D eigenvalue weighted by atomic mass is 9.85. The Kier molecular flexibility index (Phi) is 6.37. The molecule has 2 heterocycles. The van der Waals surface area contributed by atoms with Crippen LogP contribution in [0.25, 0.3) is 0 Å². The molecule has 1 aromatic carbocycles. The smallest absolute Gasteiger partial charge is 0.194 e. The summed E-state index contributed by atoms with van der Waals surface area (Å²) >= 11 is 0. The summed E-state index contributed by atoms with van der Waals surface area (Å²) in [6.45, 7) is 11.9. The molecule has 0 radical (unpaired) electrons. The number of hydrogen-bond acceptors (Lipinski definition) is 2. The lowest BCUT2D eigenvalue weighted by molar-refractivity contribution is 0.188. The fraction of sp³-hybridized carbons (Fsp3) is 0.545. The third-order valence-corrected chi connectivity index (χ3v) is 5.69. The van der Waals surface area contributed by atoms with Crippen molar-refractivity contribution in [2.45, 2.75) is 45.6 Å². The highest BCUT2D eigenvalue weighted by atomic mass is 19.1. The van der Waals surface area contributed by atoms with Crippen LogP contribution in [0.3, 0.4) is 0 Å². The molecule has 0 aliphatic carbocycles. The van der Waals surface area contributed by atoms with Crippen molar-refractivity contribution in [2.75, 3.05) is 26.2 Å². The maximum atomic E-state index is 13.7. The SMILES string of the molecule is CCNC(=NCC(C)(C)c1cccc(F)c1)N1CCC(C)C(n2ccnc2)C1. The van der Waals surface area contributed by atoms with E-state index >= 15 is 0 Å². The Balaban J connectivity index is 1.76. The lowest BCUT2D eigenvalue weighted by Crippen LogP contribution is -2.49. The first-order valence-corrected chi connectivity index (χ1v) is 10.2. The Labute approximate surface area is 167 Å². The van der Waals surface area contributed by atoms with Crippen LogP contribution in [0.5, 0.6) is 0 Å². The van der Waals surface area contributed by atoms with Gasteiger partial charge in [-0.25, -0.2) is 9.37 Å². The molecule has 152 valence electrons. The highest BCUT2D eigenvalue weighted by Gasteiger charge is 2.29. The van der Waals surface area contributed by atoms with Gasteiger partial charge in [-0.15, -0.1) is 0 Å². The number of aliphatic imine (C=N–C) groups is 1. The minimum Gasteiger partial charge on any atom is -0.357 e. The normalized spacial score (nSPS) is 21.0. The van der Waals surface area contributed by atoms with Gasteiger partial charge in [0.25, 0.3) is 0 Å². The number of imidazole rings is 1. The van der Waals surface area contributed by atoms with Gasteiger partial charge in [0.05, 0.1) is 18.9 Å². The van der Waals surface area contributed by atoms with Crippen molar-refractivity contribution in [3.05, 3.63) is 54.4 Å². The number of nitrogens with zero attached hydrogens (tertiary/aromatic N) is 4. The third-order valence-electron chi connectivity index (χ3n) is 5.69. The van der Waals surface area contributed by atoms with E-state index in [1.54, 1.807) is 12.1 Å². The van der Waals surface area contributed by atoms with E-state index in [1.807, 2.05) is 24.8 Å². The molecule has 6 heteroatoms. The molecule has 28 heavy (non-hydrogen) atoms. The fourth-order valence-corrected chi connectivity index (χ4v) is 3.79. The molecule has 1 aromatic heterocycles. The highest BCUT2D eigenvalue weighted by molar-refractivity contribution is 5.80. The van der Waals surface area contributed by atoms with Gasteiger partial charge in [-0.2, -0.15) is 0 Å². The van der Waals surface area contributed by atoms with Gasteiger partial charge in [0.2, 0.25) is 0 Å². The average molecular weight is 386 g/mol. The Morgan fingerprint density at radius 2 is 2.21 bits per heavy atom. The highest BCUT2D eigenvalue weighted by Crippen LogP contribution is 2.28. The number of aromatic nitrogens is 2. The zero-order valence-electron chi connectivity index (χ0n) is 17.4. The number of hydrogen-bond donors (Lipinski definition) is 1. The van der Waals surface area contributed by atoms with Gasteiger partial charge in [-0.3, -0.25) is 4.99 Å². The third kappa shape index (κ3) is 4.72.